The number of carbonyl (C=O) groups is 1. The number of aromatic nitrogens is 1. The molecule has 3 rings (SSSR count). The topological polar surface area (TPSA) is 65.1 Å². The molecule has 0 spiro atoms. The Balaban J connectivity index is 1.66. The lowest BCUT2D eigenvalue weighted by atomic mass is 10.0. The van der Waals surface area contributed by atoms with Crippen LogP contribution in [0.3, 0.4) is 0 Å². The third-order valence-electron chi connectivity index (χ3n) is 4.86. The SMILES string of the molecule is Cc1cc(C)c2[nH]c(C)c(CC(=O)NC[C@@H](CO)Cc3ccsc3)c2c1. The molecule has 0 aliphatic heterocycles. The number of benzene rings is 1. The maximum atomic E-state index is 12.5. The molecule has 0 fully saturated rings. The highest BCUT2D eigenvalue weighted by atomic mass is 32.1. The van der Waals surface area contributed by atoms with Gasteiger partial charge in [-0.3, -0.25) is 4.79 Å². The zero-order chi connectivity index (χ0) is 18.7. The highest BCUT2D eigenvalue weighted by Gasteiger charge is 2.16. The Kier molecular flexibility index (Phi) is 5.79. The fraction of sp³-hybridized carbons (Fsp3) is 0.381. The molecule has 1 aromatic carbocycles. The Labute approximate surface area is 158 Å². The molecule has 0 saturated carbocycles. The van der Waals surface area contributed by atoms with E-state index in [0.717, 1.165) is 28.6 Å². The lowest BCUT2D eigenvalue weighted by molar-refractivity contribution is -0.120. The Bertz CT molecular complexity index is 897. The quantitative estimate of drug-likeness (QED) is 0.594. The monoisotopic (exact) mass is 370 g/mol. The number of hydrogen-bond donors (Lipinski definition) is 3. The largest absolute Gasteiger partial charge is 0.396 e. The Morgan fingerprint density at radius 3 is 2.81 bits per heavy atom. The van der Waals surface area contributed by atoms with Gasteiger partial charge < -0.3 is 15.4 Å². The summed E-state index contributed by atoms with van der Waals surface area (Å²) < 4.78 is 0. The van der Waals surface area contributed by atoms with Crippen molar-refractivity contribution in [3.05, 3.63) is 56.9 Å². The number of aliphatic hydroxyl groups is 1. The summed E-state index contributed by atoms with van der Waals surface area (Å²) in [4.78, 5) is 15.9. The minimum absolute atomic E-state index is 0.00284. The summed E-state index contributed by atoms with van der Waals surface area (Å²) in [5, 5.41) is 17.8. The van der Waals surface area contributed by atoms with Crippen LogP contribution in [0.1, 0.15) is 27.9 Å². The first-order chi connectivity index (χ1) is 12.5. The number of amides is 1. The van der Waals surface area contributed by atoms with Crippen LogP contribution in [0.2, 0.25) is 0 Å². The van der Waals surface area contributed by atoms with Crippen molar-refractivity contribution in [3.63, 3.8) is 0 Å². The number of rotatable bonds is 7. The lowest BCUT2D eigenvalue weighted by Crippen LogP contribution is -2.32. The van der Waals surface area contributed by atoms with Gasteiger partial charge in [-0.2, -0.15) is 11.3 Å². The van der Waals surface area contributed by atoms with E-state index < -0.39 is 0 Å². The van der Waals surface area contributed by atoms with E-state index >= 15 is 0 Å². The third kappa shape index (κ3) is 4.17. The number of aromatic amines is 1. The fourth-order valence-electron chi connectivity index (χ4n) is 3.49. The highest BCUT2D eigenvalue weighted by Crippen LogP contribution is 2.26. The zero-order valence-corrected chi connectivity index (χ0v) is 16.4. The van der Waals surface area contributed by atoms with Crippen molar-refractivity contribution in [3.8, 4) is 0 Å². The number of aryl methyl sites for hydroxylation is 3. The molecule has 0 aliphatic carbocycles. The van der Waals surface area contributed by atoms with Gasteiger partial charge in [-0.05, 0) is 66.8 Å². The van der Waals surface area contributed by atoms with Gasteiger partial charge in [-0.15, -0.1) is 0 Å². The number of hydrogen-bond acceptors (Lipinski definition) is 3. The van der Waals surface area contributed by atoms with Crippen molar-refractivity contribution in [2.75, 3.05) is 13.2 Å². The summed E-state index contributed by atoms with van der Waals surface area (Å²) in [6, 6.07) is 6.36. The van der Waals surface area contributed by atoms with Crippen LogP contribution >= 0.6 is 11.3 Å². The average molecular weight is 371 g/mol. The summed E-state index contributed by atoms with van der Waals surface area (Å²) >= 11 is 1.65. The van der Waals surface area contributed by atoms with Crippen LogP contribution in [-0.2, 0) is 17.6 Å². The molecule has 0 radical (unpaired) electrons. The third-order valence-corrected chi connectivity index (χ3v) is 5.59. The minimum atomic E-state index is -0.00284. The first kappa shape index (κ1) is 18.7. The second-order valence-corrected chi connectivity index (χ2v) is 7.88. The van der Waals surface area contributed by atoms with Crippen molar-refractivity contribution in [2.45, 2.75) is 33.6 Å². The average Bonchev–Trinajstić information content (AvgIpc) is 3.21. The maximum absolute atomic E-state index is 12.5. The summed E-state index contributed by atoms with van der Waals surface area (Å²) in [5.74, 6) is 0.0408. The minimum Gasteiger partial charge on any atom is -0.396 e. The Morgan fingerprint density at radius 1 is 1.31 bits per heavy atom. The lowest BCUT2D eigenvalue weighted by Gasteiger charge is -2.14. The highest BCUT2D eigenvalue weighted by molar-refractivity contribution is 7.07. The molecule has 0 aliphatic rings. The molecule has 1 atom stereocenters. The molecule has 3 aromatic rings. The van der Waals surface area contributed by atoms with Gasteiger partial charge in [0.05, 0.1) is 6.42 Å². The van der Waals surface area contributed by atoms with Crippen LogP contribution in [0, 0.1) is 26.7 Å². The number of thiophene rings is 1. The van der Waals surface area contributed by atoms with E-state index in [4.69, 9.17) is 0 Å². The van der Waals surface area contributed by atoms with Gasteiger partial charge in [0.1, 0.15) is 0 Å². The van der Waals surface area contributed by atoms with E-state index in [9.17, 15) is 9.90 Å². The fourth-order valence-corrected chi connectivity index (χ4v) is 4.17. The van der Waals surface area contributed by atoms with Gasteiger partial charge >= 0.3 is 0 Å². The van der Waals surface area contributed by atoms with Gasteiger partial charge in [0, 0.05) is 35.7 Å². The number of H-pyrrole nitrogens is 1. The molecule has 2 heterocycles. The van der Waals surface area contributed by atoms with Gasteiger partial charge in [0.25, 0.3) is 0 Å². The van der Waals surface area contributed by atoms with Gasteiger partial charge in [-0.1, -0.05) is 11.6 Å². The number of carbonyl (C=O) groups excluding carboxylic acids is 1. The molecule has 0 bridgehead atoms. The molecule has 1 amide bonds. The van der Waals surface area contributed by atoms with E-state index in [1.165, 1.54) is 16.7 Å². The van der Waals surface area contributed by atoms with E-state index in [1.807, 2.05) is 12.3 Å². The van der Waals surface area contributed by atoms with Crippen molar-refractivity contribution >= 4 is 28.1 Å². The van der Waals surface area contributed by atoms with Crippen molar-refractivity contribution in [1.82, 2.24) is 10.3 Å². The van der Waals surface area contributed by atoms with Crippen LogP contribution < -0.4 is 5.32 Å². The first-order valence-corrected chi connectivity index (χ1v) is 9.89. The molecular formula is C21H26N2O2S. The van der Waals surface area contributed by atoms with Crippen LogP contribution in [0.25, 0.3) is 10.9 Å². The smallest absolute Gasteiger partial charge is 0.224 e. The second-order valence-electron chi connectivity index (χ2n) is 7.10. The van der Waals surface area contributed by atoms with E-state index in [-0.39, 0.29) is 18.4 Å². The van der Waals surface area contributed by atoms with E-state index in [2.05, 4.69) is 47.7 Å². The van der Waals surface area contributed by atoms with Crippen LogP contribution in [0.5, 0.6) is 0 Å². The molecule has 2 aromatic heterocycles. The van der Waals surface area contributed by atoms with Crippen LogP contribution in [-0.4, -0.2) is 29.1 Å². The number of aliphatic hydroxyl groups excluding tert-OH is 1. The maximum Gasteiger partial charge on any atom is 0.224 e. The molecule has 5 heteroatoms. The van der Waals surface area contributed by atoms with Crippen molar-refractivity contribution in [2.24, 2.45) is 5.92 Å². The van der Waals surface area contributed by atoms with Gasteiger partial charge in [-0.25, -0.2) is 0 Å². The number of nitrogens with one attached hydrogen (secondary N) is 2. The first-order valence-electron chi connectivity index (χ1n) is 8.95. The van der Waals surface area contributed by atoms with Crippen molar-refractivity contribution in [1.29, 1.82) is 0 Å². The van der Waals surface area contributed by atoms with Gasteiger partial charge in [0.2, 0.25) is 5.91 Å². The molecule has 0 unspecified atom stereocenters. The van der Waals surface area contributed by atoms with Crippen LogP contribution in [0.4, 0.5) is 0 Å². The van der Waals surface area contributed by atoms with E-state index in [0.29, 0.717) is 13.0 Å². The zero-order valence-electron chi connectivity index (χ0n) is 15.6. The summed E-state index contributed by atoms with van der Waals surface area (Å²) in [6.07, 6.45) is 1.14. The molecule has 0 saturated heterocycles. The Morgan fingerprint density at radius 2 is 2.12 bits per heavy atom. The summed E-state index contributed by atoms with van der Waals surface area (Å²) in [5.41, 5.74) is 6.82. The molecular weight excluding hydrogens is 344 g/mol. The molecule has 3 N–H and O–H groups in total. The normalized spacial score (nSPS) is 12.5. The summed E-state index contributed by atoms with van der Waals surface area (Å²) in [6.45, 7) is 6.75. The predicted octanol–water partition coefficient (Wildman–Crippen LogP) is 3.66. The second kappa shape index (κ2) is 8.06. The van der Waals surface area contributed by atoms with Crippen LogP contribution in [0.15, 0.2) is 29.0 Å². The Hall–Kier alpha value is -2.11. The predicted molar refractivity (Wildman–Crippen MR) is 108 cm³/mol. The van der Waals surface area contributed by atoms with Gasteiger partial charge in [0.15, 0.2) is 0 Å². The molecule has 4 nitrogen and oxygen atoms in total. The number of fused-ring (bicyclic) bond motifs is 1. The molecule has 26 heavy (non-hydrogen) atoms. The standard InChI is InChI=1S/C21H26N2O2S/c1-13-6-14(2)21-19(7-13)18(15(3)23-21)9-20(25)22-10-17(11-24)8-16-4-5-26-12-16/h4-7,12,17,23-24H,8-11H2,1-3H3,(H,22,25)/t17-/m0/s1. The molecule has 138 valence electrons. The van der Waals surface area contributed by atoms with E-state index in [1.54, 1.807) is 11.3 Å². The summed E-state index contributed by atoms with van der Waals surface area (Å²) in [7, 11) is 0. The van der Waals surface area contributed by atoms with Crippen molar-refractivity contribution < 1.29 is 9.90 Å².